The number of nitriles is 1. The number of halogens is 4. The number of hydrogen-bond donors (Lipinski definition) is 1. The zero-order chi connectivity index (χ0) is 28.6. The molecular weight excluding hydrogens is 563 g/mol. The van der Waals surface area contributed by atoms with Gasteiger partial charge >= 0.3 is 6.18 Å². The first-order chi connectivity index (χ1) is 18.3. The molecule has 3 heterocycles. The molecule has 2 aromatic rings. The van der Waals surface area contributed by atoms with Crippen molar-refractivity contribution in [2.24, 2.45) is 5.41 Å². The lowest BCUT2D eigenvalue weighted by atomic mass is 9.78. The van der Waals surface area contributed by atoms with Crippen LogP contribution in [0.25, 0.3) is 0 Å². The Labute approximate surface area is 244 Å². The predicted octanol–water partition coefficient (Wildman–Crippen LogP) is 6.03. The number of anilines is 2. The maximum Gasteiger partial charge on any atom is 0.419 e. The van der Waals surface area contributed by atoms with Crippen LogP contribution >= 0.6 is 24.6 Å². The van der Waals surface area contributed by atoms with Crippen LogP contribution < -0.4 is 19.9 Å². The zero-order valence-corrected chi connectivity index (χ0v) is 24.5. The van der Waals surface area contributed by atoms with Gasteiger partial charge in [0.25, 0.3) is 5.91 Å². The molecule has 7 nitrogen and oxygen atoms in total. The van der Waals surface area contributed by atoms with Gasteiger partial charge in [0.1, 0.15) is 17.4 Å². The number of piperidine rings is 1. The second kappa shape index (κ2) is 11.9. The van der Waals surface area contributed by atoms with Crippen molar-refractivity contribution >= 4 is 47.0 Å². The van der Waals surface area contributed by atoms with Crippen LogP contribution in [0.1, 0.15) is 63.8 Å². The number of aromatic nitrogens is 1. The monoisotopic (exact) mass is 595 g/mol. The van der Waals surface area contributed by atoms with Gasteiger partial charge < -0.3 is 15.0 Å². The molecule has 0 saturated carbocycles. The van der Waals surface area contributed by atoms with Crippen molar-refractivity contribution in [3.8, 4) is 11.8 Å². The summed E-state index contributed by atoms with van der Waals surface area (Å²) in [6.07, 6.45) is 0.102. The second-order valence-corrected chi connectivity index (χ2v) is 11.2. The number of ether oxygens (including phenoxy) is 1. The fraction of sp³-hybridized carbons (Fsp3) is 0.500. The fourth-order valence-electron chi connectivity index (χ4n) is 5.15. The number of alkyl halides is 3. The van der Waals surface area contributed by atoms with E-state index in [1.54, 1.807) is 18.7 Å². The first kappa shape index (κ1) is 31.6. The molecule has 2 aliphatic rings. The Morgan fingerprint density at radius 2 is 1.85 bits per heavy atom. The van der Waals surface area contributed by atoms with Gasteiger partial charge in [-0.15, -0.1) is 12.4 Å². The Balaban J connectivity index is 0.00000441. The molecule has 1 N–H and O–H groups in total. The number of thiocarbonyl (C=S) groups is 1. The largest absolute Gasteiger partial charge is 0.493 e. The van der Waals surface area contributed by atoms with Crippen LogP contribution in [0.5, 0.6) is 5.75 Å². The SMILES string of the molecule is CCc1cc(N2C(=S)N(c3cnc(C#N)c(C(F)(F)F)c3)C(=O)C2(C)C)ccc1OCCC1(C)CCNCC1.Cl. The molecule has 0 spiro atoms. The van der Waals surface area contributed by atoms with E-state index >= 15 is 0 Å². The Morgan fingerprint density at radius 3 is 2.45 bits per heavy atom. The zero-order valence-electron chi connectivity index (χ0n) is 22.9. The summed E-state index contributed by atoms with van der Waals surface area (Å²) in [5, 5.41) is 12.5. The van der Waals surface area contributed by atoms with Gasteiger partial charge in [-0.05, 0) is 100 Å². The van der Waals surface area contributed by atoms with E-state index in [0.717, 1.165) is 60.8 Å². The second-order valence-electron chi connectivity index (χ2n) is 10.8. The molecular formula is C28H33ClF3N5O2S. The highest BCUT2D eigenvalue weighted by molar-refractivity contribution is 7.81. The number of pyridine rings is 1. The molecule has 0 atom stereocenters. The van der Waals surface area contributed by atoms with Gasteiger partial charge in [0.05, 0.1) is 24.1 Å². The fourth-order valence-corrected chi connectivity index (χ4v) is 5.67. The van der Waals surface area contributed by atoms with Gasteiger partial charge in [-0.2, -0.15) is 18.4 Å². The Bertz CT molecular complexity index is 1320. The summed E-state index contributed by atoms with van der Waals surface area (Å²) in [5.41, 5.74) is -1.49. The van der Waals surface area contributed by atoms with E-state index in [1.807, 2.05) is 25.1 Å². The molecule has 0 bridgehead atoms. The normalized spacial score (nSPS) is 18.4. The first-order valence-electron chi connectivity index (χ1n) is 12.9. The molecule has 40 heavy (non-hydrogen) atoms. The Morgan fingerprint density at radius 1 is 1.18 bits per heavy atom. The predicted molar refractivity (Wildman–Crippen MR) is 154 cm³/mol. The van der Waals surface area contributed by atoms with Gasteiger partial charge in [0, 0.05) is 5.69 Å². The Kier molecular flexibility index (Phi) is 9.39. The number of carbonyl (C=O) groups excluding carboxylic acids is 1. The summed E-state index contributed by atoms with van der Waals surface area (Å²) in [6.45, 7) is 10.3. The molecule has 2 fully saturated rings. The average molecular weight is 596 g/mol. The van der Waals surface area contributed by atoms with E-state index < -0.39 is 28.9 Å². The lowest BCUT2D eigenvalue weighted by molar-refractivity contribution is -0.138. The number of rotatable bonds is 7. The van der Waals surface area contributed by atoms with Crippen LogP contribution in [0.3, 0.4) is 0 Å². The minimum absolute atomic E-state index is 0. The number of amides is 1. The van der Waals surface area contributed by atoms with Crippen LogP contribution in [-0.2, 0) is 17.4 Å². The molecule has 2 saturated heterocycles. The van der Waals surface area contributed by atoms with E-state index in [1.165, 1.54) is 6.07 Å². The molecule has 1 aromatic heterocycles. The first-order valence-corrected chi connectivity index (χ1v) is 13.4. The van der Waals surface area contributed by atoms with E-state index in [2.05, 4.69) is 17.2 Å². The van der Waals surface area contributed by atoms with Gasteiger partial charge in [0.15, 0.2) is 10.8 Å². The van der Waals surface area contributed by atoms with E-state index in [4.69, 9.17) is 22.2 Å². The molecule has 1 amide bonds. The van der Waals surface area contributed by atoms with Crippen molar-refractivity contribution in [3.05, 3.63) is 47.3 Å². The van der Waals surface area contributed by atoms with E-state index in [9.17, 15) is 18.0 Å². The van der Waals surface area contributed by atoms with E-state index in [0.29, 0.717) is 18.7 Å². The lowest BCUT2D eigenvalue weighted by Gasteiger charge is -2.34. The van der Waals surface area contributed by atoms with Gasteiger partial charge in [-0.1, -0.05) is 13.8 Å². The van der Waals surface area contributed by atoms with Crippen molar-refractivity contribution in [2.75, 3.05) is 29.5 Å². The minimum atomic E-state index is -4.81. The van der Waals surface area contributed by atoms with E-state index in [-0.39, 0.29) is 28.6 Å². The molecule has 1 aromatic carbocycles. The topological polar surface area (TPSA) is 81.5 Å². The summed E-state index contributed by atoms with van der Waals surface area (Å²) in [6, 6.07) is 7.77. The van der Waals surface area contributed by atoms with Crippen LogP contribution in [0.15, 0.2) is 30.5 Å². The standard InChI is InChI=1S/C28H32F3N5O2S.ClH/c1-5-18-14-19(6-7-23(18)38-13-10-27(4)8-11-33-12-9-27)36-25(39)35(24(37)26(36,2)3)20-15-21(28(29,30)31)22(16-32)34-17-20;/h6-7,14-15,17,33H,5,8-13H2,1-4H3;1H. The average Bonchev–Trinajstić information content (AvgIpc) is 3.06. The van der Waals surface area contributed by atoms with Crippen molar-refractivity contribution in [1.82, 2.24) is 10.3 Å². The molecule has 0 aliphatic carbocycles. The molecule has 4 rings (SSSR count). The third-order valence-corrected chi connectivity index (χ3v) is 8.03. The lowest BCUT2D eigenvalue weighted by Crippen LogP contribution is -2.44. The molecule has 12 heteroatoms. The van der Waals surface area contributed by atoms with Crippen molar-refractivity contribution in [3.63, 3.8) is 0 Å². The van der Waals surface area contributed by atoms with Crippen LogP contribution in [-0.4, -0.2) is 41.2 Å². The smallest absolute Gasteiger partial charge is 0.419 e. The Hall–Kier alpha value is -2.94. The molecule has 0 radical (unpaired) electrons. The number of carbonyl (C=O) groups is 1. The minimum Gasteiger partial charge on any atom is -0.493 e. The third-order valence-electron chi connectivity index (χ3n) is 7.67. The van der Waals surface area contributed by atoms with Crippen molar-refractivity contribution in [2.45, 2.75) is 65.1 Å². The van der Waals surface area contributed by atoms with Gasteiger partial charge in [0.2, 0.25) is 0 Å². The van der Waals surface area contributed by atoms with Crippen LogP contribution in [0.4, 0.5) is 24.5 Å². The number of aryl methyl sites for hydroxylation is 1. The third kappa shape index (κ3) is 6.04. The molecule has 2 aliphatic heterocycles. The van der Waals surface area contributed by atoms with Crippen molar-refractivity contribution < 1.29 is 22.7 Å². The van der Waals surface area contributed by atoms with Gasteiger partial charge in [-0.3, -0.25) is 9.69 Å². The van der Waals surface area contributed by atoms with Crippen LogP contribution in [0.2, 0.25) is 0 Å². The maximum atomic E-state index is 13.6. The summed E-state index contributed by atoms with van der Waals surface area (Å²) in [4.78, 5) is 19.8. The number of nitrogens with one attached hydrogen (secondary N) is 1. The van der Waals surface area contributed by atoms with Crippen LogP contribution in [0, 0.1) is 16.7 Å². The summed E-state index contributed by atoms with van der Waals surface area (Å²) >= 11 is 5.64. The quantitative estimate of drug-likeness (QED) is 0.391. The summed E-state index contributed by atoms with van der Waals surface area (Å²) in [7, 11) is 0. The summed E-state index contributed by atoms with van der Waals surface area (Å²) < 4.78 is 46.9. The number of benzene rings is 1. The highest BCUT2D eigenvalue weighted by Gasteiger charge is 2.51. The van der Waals surface area contributed by atoms with Crippen molar-refractivity contribution in [1.29, 1.82) is 5.26 Å². The summed E-state index contributed by atoms with van der Waals surface area (Å²) in [5.74, 6) is 0.261. The number of hydrogen-bond acceptors (Lipinski definition) is 6. The van der Waals surface area contributed by atoms with Gasteiger partial charge in [-0.25, -0.2) is 4.98 Å². The molecule has 0 unspecified atom stereocenters. The number of nitrogens with zero attached hydrogens (tertiary/aromatic N) is 4. The molecule has 216 valence electrons. The highest BCUT2D eigenvalue weighted by Crippen LogP contribution is 2.40. The maximum absolute atomic E-state index is 13.6. The highest BCUT2D eigenvalue weighted by atomic mass is 35.5.